The van der Waals surface area contributed by atoms with Crippen LogP contribution in [0.25, 0.3) is 10.2 Å². The van der Waals surface area contributed by atoms with Gasteiger partial charge in [0.1, 0.15) is 0 Å². The van der Waals surface area contributed by atoms with E-state index in [2.05, 4.69) is 0 Å². The van der Waals surface area contributed by atoms with Gasteiger partial charge < -0.3 is 0 Å². The molecule has 0 fully saturated rings. The zero-order valence-electron chi connectivity index (χ0n) is 21.6. The third-order valence-electron chi connectivity index (χ3n) is 6.26. The third kappa shape index (κ3) is 6.61. The highest BCUT2D eigenvalue weighted by Crippen LogP contribution is 2.32. The van der Waals surface area contributed by atoms with Gasteiger partial charge in [-0.1, -0.05) is 80.0 Å². The van der Waals surface area contributed by atoms with Crippen LogP contribution in [0.4, 0.5) is 5.13 Å². The van der Waals surface area contributed by atoms with E-state index >= 15 is 0 Å². The lowest BCUT2D eigenvalue weighted by atomic mass is 10.1. The number of amides is 1. The van der Waals surface area contributed by atoms with E-state index in [9.17, 15) is 13.2 Å². The number of halogens is 1. The second-order valence-corrected chi connectivity index (χ2v) is 12.5. The molecule has 9 heteroatoms. The maximum absolute atomic E-state index is 13.8. The number of hydrogen-bond acceptors (Lipinski definition) is 5. The summed E-state index contributed by atoms with van der Waals surface area (Å²) in [7, 11) is -3.64. The number of rotatable bonds is 12. The van der Waals surface area contributed by atoms with Crippen molar-refractivity contribution in [2.24, 2.45) is 0 Å². The number of fused-ring (bicyclic) bond motifs is 1. The van der Waals surface area contributed by atoms with Gasteiger partial charge in [-0.2, -0.15) is 4.31 Å². The standard InChI is InChI=1S/C29H32ClN3O3S2/c1-3-5-18-32(19-6-4-2)38(35,36)25-15-12-23(13-16-25)28(34)33(21-22-10-8-7-9-11-22)29-31-26-17-14-24(30)20-27(26)37-29/h7-17,20H,3-6,18-19,21H2,1-2H3. The van der Waals surface area contributed by atoms with Gasteiger partial charge >= 0.3 is 0 Å². The summed E-state index contributed by atoms with van der Waals surface area (Å²) in [5, 5.41) is 1.16. The van der Waals surface area contributed by atoms with E-state index in [1.165, 1.54) is 23.5 Å². The fraction of sp³-hybridized carbons (Fsp3) is 0.310. The van der Waals surface area contributed by atoms with E-state index in [1.807, 2.05) is 56.3 Å². The van der Waals surface area contributed by atoms with Crippen LogP contribution in [0.5, 0.6) is 0 Å². The fourth-order valence-corrected chi connectivity index (χ4v) is 6.85. The lowest BCUT2D eigenvalue weighted by Gasteiger charge is -2.23. The Hall–Kier alpha value is -2.78. The van der Waals surface area contributed by atoms with Crippen molar-refractivity contribution in [3.05, 3.63) is 88.9 Å². The summed E-state index contributed by atoms with van der Waals surface area (Å²) in [4.78, 5) is 20.3. The molecule has 0 aliphatic heterocycles. The molecule has 4 rings (SSSR count). The zero-order valence-corrected chi connectivity index (χ0v) is 24.0. The molecule has 0 aliphatic rings. The number of sulfonamides is 1. The number of aromatic nitrogens is 1. The number of nitrogens with zero attached hydrogens (tertiary/aromatic N) is 3. The fourth-order valence-electron chi connectivity index (χ4n) is 4.09. The van der Waals surface area contributed by atoms with Crippen molar-refractivity contribution in [1.82, 2.24) is 9.29 Å². The second-order valence-electron chi connectivity index (χ2n) is 9.12. The Morgan fingerprint density at radius 1 is 0.921 bits per heavy atom. The van der Waals surface area contributed by atoms with E-state index in [-0.39, 0.29) is 10.8 Å². The van der Waals surface area contributed by atoms with Crippen LogP contribution in [0.2, 0.25) is 5.02 Å². The van der Waals surface area contributed by atoms with Crippen molar-refractivity contribution < 1.29 is 13.2 Å². The first-order valence-electron chi connectivity index (χ1n) is 12.9. The number of carbonyl (C=O) groups excluding carboxylic acids is 1. The average Bonchev–Trinajstić information content (AvgIpc) is 3.35. The van der Waals surface area contributed by atoms with Gasteiger partial charge in [-0.15, -0.1) is 0 Å². The Balaban J connectivity index is 1.64. The lowest BCUT2D eigenvalue weighted by molar-refractivity contribution is 0.0985. The Morgan fingerprint density at radius 2 is 1.58 bits per heavy atom. The van der Waals surface area contributed by atoms with E-state index in [0.717, 1.165) is 41.5 Å². The molecule has 200 valence electrons. The average molecular weight is 570 g/mol. The van der Waals surface area contributed by atoms with Gasteiger partial charge in [0, 0.05) is 23.7 Å². The predicted molar refractivity (Wildman–Crippen MR) is 157 cm³/mol. The van der Waals surface area contributed by atoms with Crippen molar-refractivity contribution in [2.45, 2.75) is 51.0 Å². The molecule has 0 atom stereocenters. The summed E-state index contributed by atoms with van der Waals surface area (Å²) < 4.78 is 29.2. The summed E-state index contributed by atoms with van der Waals surface area (Å²) in [6.07, 6.45) is 3.45. The number of hydrogen-bond donors (Lipinski definition) is 0. The maximum Gasteiger partial charge on any atom is 0.260 e. The van der Waals surface area contributed by atoms with Crippen LogP contribution in [0.15, 0.2) is 77.7 Å². The molecule has 6 nitrogen and oxygen atoms in total. The highest BCUT2D eigenvalue weighted by molar-refractivity contribution is 7.89. The Kier molecular flexibility index (Phi) is 9.54. The molecule has 0 aliphatic carbocycles. The van der Waals surface area contributed by atoms with Gasteiger partial charge in [0.2, 0.25) is 10.0 Å². The van der Waals surface area contributed by atoms with E-state index < -0.39 is 10.0 Å². The van der Waals surface area contributed by atoms with Gasteiger partial charge in [-0.05, 0) is 60.9 Å². The molecular weight excluding hydrogens is 538 g/mol. The van der Waals surface area contributed by atoms with E-state index in [1.54, 1.807) is 27.4 Å². The van der Waals surface area contributed by atoms with Gasteiger partial charge in [0.05, 0.1) is 21.7 Å². The van der Waals surface area contributed by atoms with Crippen molar-refractivity contribution in [3.63, 3.8) is 0 Å². The van der Waals surface area contributed by atoms with Crippen LogP contribution in [-0.4, -0.2) is 36.7 Å². The summed E-state index contributed by atoms with van der Waals surface area (Å²) in [5.74, 6) is -0.253. The Morgan fingerprint density at radius 3 is 2.21 bits per heavy atom. The Labute approximate surface area is 233 Å². The quantitative estimate of drug-likeness (QED) is 0.178. The number of carbonyl (C=O) groups is 1. The number of unbranched alkanes of at least 4 members (excludes halogenated alkanes) is 2. The monoisotopic (exact) mass is 569 g/mol. The molecular formula is C29H32ClN3O3S2. The Bertz CT molecular complexity index is 1460. The van der Waals surface area contributed by atoms with Gasteiger partial charge in [0.25, 0.3) is 5.91 Å². The van der Waals surface area contributed by atoms with Crippen LogP contribution in [-0.2, 0) is 16.6 Å². The summed E-state index contributed by atoms with van der Waals surface area (Å²) in [6, 6.07) is 21.4. The normalized spacial score (nSPS) is 11.8. The zero-order chi connectivity index (χ0) is 27.1. The molecule has 1 aromatic heterocycles. The molecule has 0 saturated carbocycles. The first-order chi connectivity index (χ1) is 18.3. The lowest BCUT2D eigenvalue weighted by Crippen LogP contribution is -2.33. The molecule has 4 aromatic rings. The second kappa shape index (κ2) is 12.8. The first-order valence-corrected chi connectivity index (χ1v) is 15.5. The SMILES string of the molecule is CCCCN(CCCC)S(=O)(=O)c1ccc(C(=O)N(Cc2ccccc2)c2nc3ccc(Cl)cc3s2)cc1. The molecule has 0 spiro atoms. The van der Waals surface area contributed by atoms with Crippen LogP contribution in [0, 0.1) is 0 Å². The number of anilines is 1. The highest BCUT2D eigenvalue weighted by Gasteiger charge is 2.26. The first kappa shape index (κ1) is 28.2. The molecule has 0 N–H and O–H groups in total. The summed E-state index contributed by atoms with van der Waals surface area (Å²) in [5.41, 5.74) is 2.12. The smallest absolute Gasteiger partial charge is 0.260 e. The van der Waals surface area contributed by atoms with E-state index in [4.69, 9.17) is 16.6 Å². The minimum atomic E-state index is -3.64. The largest absolute Gasteiger partial charge is 0.279 e. The van der Waals surface area contributed by atoms with E-state index in [0.29, 0.717) is 35.4 Å². The number of benzene rings is 3. The molecule has 0 bridgehead atoms. The molecule has 0 saturated heterocycles. The van der Waals surface area contributed by atoms with Crippen LogP contribution in [0.3, 0.4) is 0 Å². The van der Waals surface area contributed by atoms with Gasteiger partial charge in [0.15, 0.2) is 5.13 Å². The van der Waals surface area contributed by atoms with Crippen LogP contribution >= 0.6 is 22.9 Å². The summed E-state index contributed by atoms with van der Waals surface area (Å²) in [6.45, 7) is 5.41. The van der Waals surface area contributed by atoms with Gasteiger partial charge in [-0.25, -0.2) is 13.4 Å². The molecule has 0 unspecified atom stereocenters. The maximum atomic E-state index is 13.8. The molecule has 38 heavy (non-hydrogen) atoms. The third-order valence-corrected chi connectivity index (χ3v) is 9.45. The molecule has 1 amide bonds. The highest BCUT2D eigenvalue weighted by atomic mass is 35.5. The topological polar surface area (TPSA) is 70.6 Å². The predicted octanol–water partition coefficient (Wildman–Crippen LogP) is 7.39. The molecule has 1 heterocycles. The van der Waals surface area contributed by atoms with Crippen LogP contribution < -0.4 is 4.90 Å². The minimum Gasteiger partial charge on any atom is -0.279 e. The van der Waals surface area contributed by atoms with Crippen molar-refractivity contribution >= 4 is 54.2 Å². The molecule has 3 aromatic carbocycles. The van der Waals surface area contributed by atoms with Crippen molar-refractivity contribution in [1.29, 1.82) is 0 Å². The summed E-state index contributed by atoms with van der Waals surface area (Å²) >= 11 is 7.57. The van der Waals surface area contributed by atoms with Crippen LogP contribution in [0.1, 0.15) is 55.5 Å². The number of thiazole rings is 1. The molecule has 0 radical (unpaired) electrons. The minimum absolute atomic E-state index is 0.200. The van der Waals surface area contributed by atoms with Crippen molar-refractivity contribution in [3.8, 4) is 0 Å². The van der Waals surface area contributed by atoms with Gasteiger partial charge in [-0.3, -0.25) is 9.69 Å². The van der Waals surface area contributed by atoms with Crippen molar-refractivity contribution in [2.75, 3.05) is 18.0 Å².